The van der Waals surface area contributed by atoms with Crippen molar-refractivity contribution in [2.75, 3.05) is 0 Å². The summed E-state index contributed by atoms with van der Waals surface area (Å²) in [6.45, 7) is 0. The molecule has 0 amide bonds. The highest BCUT2D eigenvalue weighted by molar-refractivity contribution is 7.80. The first-order valence-corrected chi connectivity index (χ1v) is 4.98. The Labute approximate surface area is 88.7 Å². The van der Waals surface area contributed by atoms with Gasteiger partial charge in [0, 0.05) is 4.90 Å². The molecule has 2 nitrogen and oxygen atoms in total. The van der Waals surface area contributed by atoms with Crippen LogP contribution in [0.15, 0.2) is 27.6 Å². The van der Waals surface area contributed by atoms with E-state index in [1.165, 1.54) is 16.5 Å². The van der Waals surface area contributed by atoms with E-state index in [0.717, 1.165) is 23.5 Å². The first kappa shape index (κ1) is 8.24. The zero-order chi connectivity index (χ0) is 9.71. The molecule has 0 radical (unpaired) electrons. The van der Waals surface area contributed by atoms with Crippen LogP contribution in [0.4, 0.5) is 0 Å². The lowest BCUT2D eigenvalue weighted by atomic mass is 9.66. The van der Waals surface area contributed by atoms with Crippen LogP contribution < -0.4 is 16.6 Å². The van der Waals surface area contributed by atoms with E-state index in [1.54, 1.807) is 0 Å². The van der Waals surface area contributed by atoms with Crippen molar-refractivity contribution >= 4 is 44.3 Å². The van der Waals surface area contributed by atoms with Crippen molar-refractivity contribution in [2.24, 2.45) is 0 Å². The van der Waals surface area contributed by atoms with E-state index in [9.17, 15) is 0 Å². The minimum atomic E-state index is 0.928. The molecule has 0 saturated carbocycles. The Kier molecular flexibility index (Phi) is 1.59. The number of aromatic nitrogens is 1. The third kappa shape index (κ3) is 0.989. The van der Waals surface area contributed by atoms with Crippen molar-refractivity contribution in [1.29, 1.82) is 0 Å². The van der Waals surface area contributed by atoms with Gasteiger partial charge in [0.05, 0.1) is 5.66 Å². The highest BCUT2D eigenvalue weighted by atomic mass is 32.1. The van der Waals surface area contributed by atoms with Crippen molar-refractivity contribution in [3.05, 3.63) is 18.2 Å². The molecule has 1 aromatic carbocycles. The van der Waals surface area contributed by atoms with Crippen molar-refractivity contribution in [1.82, 2.24) is 5.16 Å². The third-order valence-corrected chi connectivity index (χ3v) is 2.98. The normalized spacial score (nSPS) is 12.1. The highest BCUT2D eigenvalue weighted by Crippen LogP contribution is 2.19. The van der Waals surface area contributed by atoms with Crippen LogP contribution in [0.2, 0.25) is 0 Å². The molecular formula is C9H7B2NOS. The number of thiol groups is 1. The number of hydrogen-bond donors (Lipinski definition) is 1. The number of hydrogen-bond acceptors (Lipinski definition) is 3. The lowest BCUT2D eigenvalue weighted by Crippen LogP contribution is -2.31. The van der Waals surface area contributed by atoms with Gasteiger partial charge in [-0.25, -0.2) is 0 Å². The quantitative estimate of drug-likeness (QED) is 0.355. The minimum Gasteiger partial charge on any atom is -0.373 e. The maximum Gasteiger partial charge on any atom is 0.199 e. The van der Waals surface area contributed by atoms with Gasteiger partial charge in [0.15, 0.2) is 15.1 Å². The summed E-state index contributed by atoms with van der Waals surface area (Å²) in [5.74, 6) is 0. The minimum absolute atomic E-state index is 0.928. The fourth-order valence-electron chi connectivity index (χ4n) is 1.94. The fourth-order valence-corrected chi connectivity index (χ4v) is 2.14. The van der Waals surface area contributed by atoms with E-state index in [2.05, 4.69) is 23.9 Å². The zero-order valence-corrected chi connectivity index (χ0v) is 8.64. The summed E-state index contributed by atoms with van der Waals surface area (Å²) in [4.78, 5) is 0.970. The summed E-state index contributed by atoms with van der Waals surface area (Å²) >= 11 is 4.32. The Balaban J connectivity index is 2.29. The Bertz CT molecular complexity index is 524. The number of nitrogens with zero attached hydrogens (tertiary/aromatic N) is 1. The lowest BCUT2D eigenvalue weighted by molar-refractivity contribution is 0.449. The number of benzene rings is 1. The second-order valence-electron chi connectivity index (χ2n) is 3.58. The molecule has 0 saturated heterocycles. The molecule has 5 heteroatoms. The third-order valence-electron chi connectivity index (χ3n) is 2.70. The van der Waals surface area contributed by atoms with E-state index >= 15 is 0 Å². The van der Waals surface area contributed by atoms with Crippen LogP contribution in [0.1, 0.15) is 0 Å². The summed E-state index contributed by atoms with van der Waals surface area (Å²) in [6, 6.07) is 6.17. The molecule has 1 aliphatic heterocycles. The monoisotopic (exact) mass is 199 g/mol. The molecule has 0 atom stereocenters. The van der Waals surface area contributed by atoms with Crippen molar-refractivity contribution in [3.63, 3.8) is 0 Å². The van der Waals surface area contributed by atoms with Crippen LogP contribution >= 0.6 is 12.6 Å². The molecule has 0 unspecified atom stereocenters. The molecular weight excluding hydrogens is 192 g/mol. The van der Waals surface area contributed by atoms with Crippen LogP contribution in [-0.4, -0.2) is 20.3 Å². The summed E-state index contributed by atoms with van der Waals surface area (Å²) in [5, 5.41) is 4.07. The molecule has 14 heavy (non-hydrogen) atoms. The average Bonchev–Trinajstić information content (AvgIpc) is 2.67. The van der Waals surface area contributed by atoms with Gasteiger partial charge in [0.25, 0.3) is 0 Å². The highest BCUT2D eigenvalue weighted by Gasteiger charge is 2.25. The molecule has 2 heterocycles. The fraction of sp³-hybridized carbons (Fsp3) is 0. The smallest absolute Gasteiger partial charge is 0.199 e. The average molecular weight is 199 g/mol. The molecule has 0 fully saturated rings. The lowest BCUT2D eigenvalue weighted by Gasteiger charge is -1.98. The Hall–Kier alpha value is -1.09. The Morgan fingerprint density at radius 2 is 2.29 bits per heavy atom. The molecule has 0 aliphatic carbocycles. The van der Waals surface area contributed by atoms with E-state index in [-0.39, 0.29) is 0 Å². The van der Waals surface area contributed by atoms with Gasteiger partial charge in [-0.2, -0.15) is 0 Å². The van der Waals surface area contributed by atoms with Gasteiger partial charge in [0.2, 0.25) is 0 Å². The van der Waals surface area contributed by atoms with Gasteiger partial charge in [-0.15, -0.1) is 12.6 Å². The predicted molar refractivity (Wildman–Crippen MR) is 63.8 cm³/mol. The maximum absolute atomic E-state index is 5.16. The van der Waals surface area contributed by atoms with Gasteiger partial charge >= 0.3 is 0 Å². The van der Waals surface area contributed by atoms with Crippen molar-refractivity contribution in [2.45, 2.75) is 4.90 Å². The van der Waals surface area contributed by atoms with E-state index in [1.807, 2.05) is 20.0 Å². The molecule has 66 valence electrons. The molecule has 0 bridgehead atoms. The molecule has 2 aromatic rings. The Morgan fingerprint density at radius 3 is 3.14 bits per heavy atom. The summed E-state index contributed by atoms with van der Waals surface area (Å²) in [6.07, 6.45) is 0. The van der Waals surface area contributed by atoms with Gasteiger partial charge in [-0.3, -0.25) is 0 Å². The van der Waals surface area contributed by atoms with Crippen LogP contribution in [0.5, 0.6) is 0 Å². The first-order chi connectivity index (χ1) is 6.75. The molecule has 1 aliphatic rings. The molecule has 3 rings (SSSR count). The van der Waals surface area contributed by atoms with E-state index in [0.29, 0.717) is 0 Å². The van der Waals surface area contributed by atoms with Crippen LogP contribution in [0, 0.1) is 0 Å². The van der Waals surface area contributed by atoms with E-state index in [4.69, 9.17) is 4.52 Å². The molecule has 1 aromatic heterocycles. The van der Waals surface area contributed by atoms with E-state index < -0.39 is 0 Å². The second-order valence-corrected chi connectivity index (χ2v) is 4.10. The summed E-state index contributed by atoms with van der Waals surface area (Å²) in [5.41, 5.74) is 5.63. The van der Waals surface area contributed by atoms with Gasteiger partial charge in [-0.05, 0) is 23.2 Å². The van der Waals surface area contributed by atoms with Gasteiger partial charge in [0.1, 0.15) is 5.69 Å². The van der Waals surface area contributed by atoms with Gasteiger partial charge in [-0.1, -0.05) is 16.7 Å². The Morgan fingerprint density at radius 1 is 1.43 bits per heavy atom. The topological polar surface area (TPSA) is 26.0 Å². The van der Waals surface area contributed by atoms with Gasteiger partial charge < -0.3 is 4.52 Å². The van der Waals surface area contributed by atoms with Crippen molar-refractivity contribution in [3.8, 4) is 11.3 Å². The van der Waals surface area contributed by atoms with Crippen LogP contribution in [0.25, 0.3) is 11.3 Å². The SMILES string of the molecule is Bc1onc2c1Bc1ccc(S)cc1-2. The predicted octanol–water partition coefficient (Wildman–Crippen LogP) is -1.41. The number of fused-ring (bicyclic) bond motifs is 3. The van der Waals surface area contributed by atoms with Crippen molar-refractivity contribution < 1.29 is 4.52 Å². The summed E-state index contributed by atoms with van der Waals surface area (Å²) < 4.78 is 5.16. The van der Waals surface area contributed by atoms with Crippen LogP contribution in [-0.2, 0) is 0 Å². The standard InChI is InChI=1S/C9H7B2NOS/c10-9-7-8(12-13-9)5-3-4(14)1-2-6(5)11-7/h1-3,11,14H,10H2. The molecule has 0 spiro atoms. The zero-order valence-electron chi connectivity index (χ0n) is 7.74. The number of rotatable bonds is 0. The molecule has 0 N–H and O–H groups in total. The maximum atomic E-state index is 5.16. The summed E-state index contributed by atoms with van der Waals surface area (Å²) in [7, 11) is 2.90. The second kappa shape index (κ2) is 2.70. The largest absolute Gasteiger partial charge is 0.373 e. The van der Waals surface area contributed by atoms with Crippen LogP contribution in [0.3, 0.4) is 0 Å². The first-order valence-electron chi connectivity index (χ1n) is 4.53.